The van der Waals surface area contributed by atoms with Gasteiger partial charge < -0.3 is 20.0 Å². The van der Waals surface area contributed by atoms with Crippen molar-refractivity contribution in [1.82, 2.24) is 25.7 Å². The molecule has 0 aliphatic heterocycles. The van der Waals surface area contributed by atoms with Crippen molar-refractivity contribution in [2.24, 2.45) is 5.92 Å². The molecule has 210 valence electrons. The molecule has 1 aromatic heterocycles. The molecule has 2 aromatic rings. The molecule has 0 bridgehead atoms. The molecule has 1 atom stereocenters. The van der Waals surface area contributed by atoms with E-state index in [0.717, 1.165) is 37.1 Å². The quantitative estimate of drug-likeness (QED) is 0.289. The van der Waals surface area contributed by atoms with E-state index >= 15 is 0 Å². The number of thioether (sulfide) groups is 1. The molecule has 2 N–H and O–H groups in total. The Hall–Kier alpha value is -2.43. The SMILES string of the molecule is Cc1cccc(C(=O)NC2(C(=O)NC(CC(C)C)C(=O)c3nnc(SCCN(C)C)o3)CCCCC2)c1.Cl. The largest absolute Gasteiger partial charge is 0.408 e. The fourth-order valence-corrected chi connectivity index (χ4v) is 5.34. The highest BCUT2D eigenvalue weighted by Gasteiger charge is 2.43. The zero-order chi connectivity index (χ0) is 27.0. The van der Waals surface area contributed by atoms with Gasteiger partial charge in [-0.1, -0.05) is 62.6 Å². The predicted molar refractivity (Wildman–Crippen MR) is 151 cm³/mol. The van der Waals surface area contributed by atoms with E-state index in [9.17, 15) is 14.4 Å². The zero-order valence-corrected chi connectivity index (χ0v) is 24.5. The number of rotatable bonds is 12. The Kier molecular flexibility index (Phi) is 12.3. The summed E-state index contributed by atoms with van der Waals surface area (Å²) in [5.41, 5.74) is 0.408. The monoisotopic (exact) mass is 565 g/mol. The number of hydrogen-bond donors (Lipinski definition) is 2. The Morgan fingerprint density at radius 2 is 1.84 bits per heavy atom. The minimum Gasteiger partial charge on any atom is -0.408 e. The molecule has 11 heteroatoms. The van der Waals surface area contributed by atoms with Gasteiger partial charge in [0.1, 0.15) is 5.54 Å². The second kappa shape index (κ2) is 14.6. The van der Waals surface area contributed by atoms with E-state index in [1.54, 1.807) is 12.1 Å². The van der Waals surface area contributed by atoms with Crippen LogP contribution in [-0.4, -0.2) is 70.7 Å². The van der Waals surface area contributed by atoms with Gasteiger partial charge in [-0.3, -0.25) is 14.4 Å². The number of nitrogens with zero attached hydrogens (tertiary/aromatic N) is 3. The van der Waals surface area contributed by atoms with Crippen LogP contribution in [0.2, 0.25) is 0 Å². The van der Waals surface area contributed by atoms with Crippen LogP contribution in [0.25, 0.3) is 0 Å². The molecule has 1 heterocycles. The highest BCUT2D eigenvalue weighted by Crippen LogP contribution is 2.30. The number of carbonyl (C=O) groups is 3. The lowest BCUT2D eigenvalue weighted by molar-refractivity contribution is -0.129. The van der Waals surface area contributed by atoms with Gasteiger partial charge in [-0.2, -0.15) is 0 Å². The maximum Gasteiger partial charge on any atom is 0.286 e. The van der Waals surface area contributed by atoms with Crippen molar-refractivity contribution < 1.29 is 18.8 Å². The first-order chi connectivity index (χ1) is 17.6. The van der Waals surface area contributed by atoms with E-state index in [2.05, 4.69) is 20.8 Å². The highest BCUT2D eigenvalue weighted by molar-refractivity contribution is 7.99. The fraction of sp³-hybridized carbons (Fsp3) is 0.593. The van der Waals surface area contributed by atoms with Crippen molar-refractivity contribution in [2.75, 3.05) is 26.4 Å². The molecule has 0 spiro atoms. The van der Waals surface area contributed by atoms with Crippen LogP contribution in [0.3, 0.4) is 0 Å². The van der Waals surface area contributed by atoms with Crippen molar-refractivity contribution in [3.63, 3.8) is 0 Å². The van der Waals surface area contributed by atoms with Crippen LogP contribution in [0.5, 0.6) is 0 Å². The summed E-state index contributed by atoms with van der Waals surface area (Å²) in [5, 5.41) is 14.3. The Balaban J connectivity index is 0.00000507. The molecule has 38 heavy (non-hydrogen) atoms. The smallest absolute Gasteiger partial charge is 0.286 e. The summed E-state index contributed by atoms with van der Waals surface area (Å²) in [5.74, 6) is -0.269. The van der Waals surface area contributed by atoms with E-state index in [0.29, 0.717) is 30.0 Å². The number of Topliss-reactive ketones (excluding diaryl/α,β-unsaturated/α-hetero) is 1. The van der Waals surface area contributed by atoms with Crippen LogP contribution in [0.4, 0.5) is 0 Å². The average molecular weight is 566 g/mol. The van der Waals surface area contributed by atoms with Gasteiger partial charge in [-0.15, -0.1) is 22.6 Å². The number of amides is 2. The number of benzene rings is 1. The lowest BCUT2D eigenvalue weighted by atomic mass is 9.80. The van der Waals surface area contributed by atoms with Gasteiger partial charge in [-0.25, -0.2) is 0 Å². The van der Waals surface area contributed by atoms with Crippen molar-refractivity contribution in [2.45, 2.75) is 76.1 Å². The highest BCUT2D eigenvalue weighted by atomic mass is 35.5. The van der Waals surface area contributed by atoms with Gasteiger partial charge in [0.2, 0.25) is 11.7 Å². The number of aromatic nitrogens is 2. The summed E-state index contributed by atoms with van der Waals surface area (Å²) in [7, 11) is 3.95. The van der Waals surface area contributed by atoms with Crippen molar-refractivity contribution in [1.29, 1.82) is 0 Å². The number of halogens is 1. The molecule has 9 nitrogen and oxygen atoms in total. The fourth-order valence-electron chi connectivity index (χ4n) is 4.47. The number of nitrogens with one attached hydrogen (secondary N) is 2. The summed E-state index contributed by atoms with van der Waals surface area (Å²) in [6, 6.07) is 6.46. The maximum absolute atomic E-state index is 13.7. The molecule has 1 fully saturated rings. The first-order valence-electron chi connectivity index (χ1n) is 12.9. The minimum atomic E-state index is -1.07. The van der Waals surface area contributed by atoms with E-state index in [-0.39, 0.29) is 36.0 Å². The summed E-state index contributed by atoms with van der Waals surface area (Å²) in [4.78, 5) is 42.3. The van der Waals surface area contributed by atoms with Gasteiger partial charge >= 0.3 is 0 Å². The lowest BCUT2D eigenvalue weighted by Crippen LogP contribution is -2.62. The Morgan fingerprint density at radius 3 is 2.47 bits per heavy atom. The molecule has 0 saturated heterocycles. The molecule has 1 aromatic carbocycles. The van der Waals surface area contributed by atoms with Crippen LogP contribution in [-0.2, 0) is 4.79 Å². The van der Waals surface area contributed by atoms with Gasteiger partial charge in [0.05, 0.1) is 6.04 Å². The minimum absolute atomic E-state index is 0. The maximum atomic E-state index is 13.7. The molecule has 1 aliphatic rings. The third-order valence-corrected chi connectivity index (χ3v) is 7.28. The van der Waals surface area contributed by atoms with Crippen molar-refractivity contribution >= 4 is 41.8 Å². The predicted octanol–water partition coefficient (Wildman–Crippen LogP) is 4.30. The standard InChI is InChI=1S/C27H39N5O4S.ClH/c1-18(2)16-21(22(33)24-30-31-26(36-24)37-15-14-32(4)5)28-25(35)27(12-7-6-8-13-27)29-23(34)20-11-9-10-19(3)17-20;/h9-11,17-18,21H,6-8,12-16H2,1-5H3,(H,28,35)(H,29,34);1H. The van der Waals surface area contributed by atoms with Crippen molar-refractivity contribution in [3.05, 3.63) is 41.3 Å². The Morgan fingerprint density at radius 1 is 1.13 bits per heavy atom. The average Bonchev–Trinajstić information content (AvgIpc) is 3.32. The molecule has 0 radical (unpaired) electrons. The van der Waals surface area contributed by atoms with E-state index in [4.69, 9.17) is 4.42 Å². The molecule has 1 saturated carbocycles. The van der Waals surface area contributed by atoms with Gasteiger partial charge in [0.25, 0.3) is 17.0 Å². The zero-order valence-electron chi connectivity index (χ0n) is 22.9. The van der Waals surface area contributed by atoms with Gasteiger partial charge in [-0.05, 0) is 58.3 Å². The first-order valence-corrected chi connectivity index (χ1v) is 13.9. The van der Waals surface area contributed by atoms with Crippen LogP contribution in [0.15, 0.2) is 33.9 Å². The third-order valence-electron chi connectivity index (χ3n) is 6.49. The summed E-state index contributed by atoms with van der Waals surface area (Å²) in [6.07, 6.45) is 4.10. The van der Waals surface area contributed by atoms with Gasteiger partial charge in [0, 0.05) is 17.9 Å². The van der Waals surface area contributed by atoms with Gasteiger partial charge in [0.15, 0.2) is 0 Å². The van der Waals surface area contributed by atoms with Crippen molar-refractivity contribution in [3.8, 4) is 0 Å². The molecule has 3 rings (SSSR count). The summed E-state index contributed by atoms with van der Waals surface area (Å²) >= 11 is 1.39. The second-order valence-corrected chi connectivity index (χ2v) is 11.6. The van der Waals surface area contributed by atoms with E-state index < -0.39 is 17.4 Å². The van der Waals surface area contributed by atoms with Crippen LogP contribution in [0.1, 0.15) is 79.0 Å². The van der Waals surface area contributed by atoms with Crippen LogP contribution in [0, 0.1) is 12.8 Å². The normalized spacial score (nSPS) is 15.6. The Bertz CT molecular complexity index is 1080. The molecule has 1 unspecified atom stereocenters. The number of aryl methyl sites for hydroxylation is 1. The first kappa shape index (κ1) is 31.8. The second-order valence-electron chi connectivity index (χ2n) is 10.5. The number of ketones is 1. The summed E-state index contributed by atoms with van der Waals surface area (Å²) < 4.78 is 5.63. The molecular weight excluding hydrogens is 526 g/mol. The van der Waals surface area contributed by atoms with E-state index in [1.165, 1.54) is 11.8 Å². The number of hydrogen-bond acceptors (Lipinski definition) is 8. The van der Waals surface area contributed by atoms with Crippen LogP contribution < -0.4 is 10.6 Å². The van der Waals surface area contributed by atoms with E-state index in [1.807, 2.05) is 51.9 Å². The number of carbonyl (C=O) groups excluding carboxylic acids is 3. The Labute approximate surface area is 235 Å². The lowest BCUT2D eigenvalue weighted by Gasteiger charge is -2.37. The van der Waals surface area contributed by atoms with Crippen LogP contribution >= 0.6 is 24.2 Å². The summed E-state index contributed by atoms with van der Waals surface area (Å²) in [6.45, 7) is 6.72. The third kappa shape index (κ3) is 8.81. The topological polar surface area (TPSA) is 117 Å². The molecule has 2 amide bonds. The molecular formula is C27H40ClN5O4S. The molecule has 1 aliphatic carbocycles.